The van der Waals surface area contributed by atoms with Crippen molar-refractivity contribution in [3.63, 3.8) is 0 Å². The van der Waals surface area contributed by atoms with Crippen LogP contribution in [0.5, 0.6) is 0 Å². The molecule has 184 valence electrons. The molecule has 0 saturated carbocycles. The number of nitro groups is 1. The number of piperazine rings is 1. The van der Waals surface area contributed by atoms with Gasteiger partial charge in [0.15, 0.2) is 0 Å². The first kappa shape index (κ1) is 24.9. The molecule has 3 aromatic carbocycles. The van der Waals surface area contributed by atoms with E-state index in [1.807, 2.05) is 36.4 Å². The van der Waals surface area contributed by atoms with Crippen LogP contribution < -0.4 is 10.2 Å². The van der Waals surface area contributed by atoms with Crippen molar-refractivity contribution in [2.45, 2.75) is 6.92 Å². The Balaban J connectivity index is 1.44. The molecule has 1 fully saturated rings. The predicted molar refractivity (Wildman–Crippen MR) is 142 cm³/mol. The highest BCUT2D eigenvalue weighted by molar-refractivity contribution is 6.31. The van der Waals surface area contributed by atoms with Crippen molar-refractivity contribution in [3.05, 3.63) is 105 Å². The zero-order chi connectivity index (χ0) is 25.7. The molecule has 9 heteroatoms. The molecule has 1 N–H and O–H groups in total. The number of nitro benzene ring substituents is 1. The van der Waals surface area contributed by atoms with Gasteiger partial charge in [-0.3, -0.25) is 19.7 Å². The standard InChI is InChI=1S/C27H25ClN4O4/c1-19-17-21(8-10-24(19)32(35)36)27(34)29-23-18-22(28)9-11-25(23)30-13-15-31(16-14-30)26(33)12-7-20-5-3-2-4-6-20/h2-12,17-18H,13-16H2,1H3,(H,29,34)/b12-7+. The lowest BCUT2D eigenvalue weighted by Gasteiger charge is -2.36. The molecule has 3 aromatic rings. The van der Waals surface area contributed by atoms with Crippen LogP contribution in [0.2, 0.25) is 5.02 Å². The molecule has 8 nitrogen and oxygen atoms in total. The Morgan fingerprint density at radius 1 is 1.00 bits per heavy atom. The van der Waals surface area contributed by atoms with Crippen molar-refractivity contribution < 1.29 is 14.5 Å². The van der Waals surface area contributed by atoms with Gasteiger partial charge >= 0.3 is 0 Å². The molecular weight excluding hydrogens is 480 g/mol. The number of amides is 2. The van der Waals surface area contributed by atoms with Crippen molar-refractivity contribution in [2.24, 2.45) is 0 Å². The Kier molecular flexibility index (Phi) is 7.65. The molecular formula is C27H25ClN4O4. The number of carbonyl (C=O) groups is 2. The maximum absolute atomic E-state index is 12.9. The number of rotatable bonds is 6. The number of aryl methyl sites for hydroxylation is 1. The molecule has 0 aliphatic carbocycles. The maximum Gasteiger partial charge on any atom is 0.272 e. The molecule has 0 radical (unpaired) electrons. The lowest BCUT2D eigenvalue weighted by Crippen LogP contribution is -2.48. The van der Waals surface area contributed by atoms with E-state index in [9.17, 15) is 19.7 Å². The summed E-state index contributed by atoms with van der Waals surface area (Å²) < 4.78 is 0. The molecule has 4 rings (SSSR count). The van der Waals surface area contributed by atoms with Crippen LogP contribution in [0.25, 0.3) is 6.08 Å². The van der Waals surface area contributed by atoms with E-state index in [4.69, 9.17) is 11.6 Å². The fourth-order valence-electron chi connectivity index (χ4n) is 4.08. The molecule has 1 heterocycles. The van der Waals surface area contributed by atoms with E-state index < -0.39 is 10.8 Å². The monoisotopic (exact) mass is 504 g/mol. The second kappa shape index (κ2) is 11.0. The van der Waals surface area contributed by atoms with E-state index in [2.05, 4.69) is 10.2 Å². The third kappa shape index (κ3) is 5.90. The highest BCUT2D eigenvalue weighted by atomic mass is 35.5. The van der Waals surface area contributed by atoms with Crippen LogP contribution in [-0.2, 0) is 4.79 Å². The van der Waals surface area contributed by atoms with Crippen LogP contribution in [0, 0.1) is 17.0 Å². The highest BCUT2D eigenvalue weighted by Crippen LogP contribution is 2.31. The van der Waals surface area contributed by atoms with Crippen molar-refractivity contribution >= 4 is 46.6 Å². The molecule has 1 aliphatic rings. The van der Waals surface area contributed by atoms with Gasteiger partial charge < -0.3 is 15.1 Å². The fraction of sp³-hybridized carbons (Fsp3) is 0.185. The van der Waals surface area contributed by atoms with Crippen LogP contribution in [0.3, 0.4) is 0 Å². The van der Waals surface area contributed by atoms with Gasteiger partial charge in [0.25, 0.3) is 11.6 Å². The lowest BCUT2D eigenvalue weighted by molar-refractivity contribution is -0.385. The Bertz CT molecular complexity index is 1320. The van der Waals surface area contributed by atoms with E-state index in [0.717, 1.165) is 11.3 Å². The second-order valence-corrected chi connectivity index (χ2v) is 8.87. The summed E-state index contributed by atoms with van der Waals surface area (Å²) in [6, 6.07) is 19.2. The molecule has 0 atom stereocenters. The fourth-order valence-corrected chi connectivity index (χ4v) is 4.26. The highest BCUT2D eigenvalue weighted by Gasteiger charge is 2.23. The third-order valence-electron chi connectivity index (χ3n) is 6.01. The lowest BCUT2D eigenvalue weighted by atomic mass is 10.1. The molecule has 0 unspecified atom stereocenters. The van der Waals surface area contributed by atoms with Gasteiger partial charge in [0.05, 0.1) is 16.3 Å². The van der Waals surface area contributed by atoms with E-state index >= 15 is 0 Å². The van der Waals surface area contributed by atoms with Crippen molar-refractivity contribution in [1.29, 1.82) is 0 Å². The van der Waals surface area contributed by atoms with Gasteiger partial charge in [0.1, 0.15) is 0 Å². The molecule has 0 bridgehead atoms. The normalized spacial score (nSPS) is 13.6. The zero-order valence-electron chi connectivity index (χ0n) is 19.7. The average Bonchev–Trinajstić information content (AvgIpc) is 2.88. The number of nitrogens with zero attached hydrogens (tertiary/aromatic N) is 3. The van der Waals surface area contributed by atoms with Crippen LogP contribution in [0.15, 0.2) is 72.8 Å². The largest absolute Gasteiger partial charge is 0.366 e. The van der Waals surface area contributed by atoms with Crippen molar-refractivity contribution in [2.75, 3.05) is 36.4 Å². The van der Waals surface area contributed by atoms with Crippen LogP contribution in [0.4, 0.5) is 17.1 Å². The van der Waals surface area contributed by atoms with E-state index in [1.165, 1.54) is 18.2 Å². The third-order valence-corrected chi connectivity index (χ3v) is 6.25. The summed E-state index contributed by atoms with van der Waals surface area (Å²) >= 11 is 6.21. The average molecular weight is 505 g/mol. The maximum atomic E-state index is 12.9. The summed E-state index contributed by atoms with van der Waals surface area (Å²) in [5.41, 5.74) is 2.96. The van der Waals surface area contributed by atoms with E-state index in [1.54, 1.807) is 36.1 Å². The number of benzene rings is 3. The summed E-state index contributed by atoms with van der Waals surface area (Å²) in [6.07, 6.45) is 3.40. The van der Waals surface area contributed by atoms with Crippen molar-refractivity contribution in [1.82, 2.24) is 4.90 Å². The van der Waals surface area contributed by atoms with Gasteiger partial charge in [-0.2, -0.15) is 0 Å². The molecule has 2 amide bonds. The minimum absolute atomic E-state index is 0.0407. The molecule has 0 spiro atoms. The minimum Gasteiger partial charge on any atom is -0.366 e. The van der Waals surface area contributed by atoms with Crippen molar-refractivity contribution in [3.8, 4) is 0 Å². The first-order valence-electron chi connectivity index (χ1n) is 11.4. The van der Waals surface area contributed by atoms with Gasteiger partial charge in [-0.25, -0.2) is 0 Å². The predicted octanol–water partition coefficient (Wildman–Crippen LogP) is 5.17. The zero-order valence-corrected chi connectivity index (χ0v) is 20.4. The topological polar surface area (TPSA) is 95.8 Å². The molecule has 0 aromatic heterocycles. The number of halogens is 1. The van der Waals surface area contributed by atoms with Gasteiger partial charge in [0.2, 0.25) is 5.91 Å². The summed E-state index contributed by atoms with van der Waals surface area (Å²) in [6.45, 7) is 3.85. The molecule has 36 heavy (non-hydrogen) atoms. The van der Waals surface area contributed by atoms with E-state index in [-0.39, 0.29) is 11.6 Å². The van der Waals surface area contributed by atoms with Gasteiger partial charge in [-0.05, 0) is 48.9 Å². The van der Waals surface area contributed by atoms with E-state index in [0.29, 0.717) is 48.0 Å². The number of nitrogens with one attached hydrogen (secondary N) is 1. The first-order chi connectivity index (χ1) is 17.3. The summed E-state index contributed by atoms with van der Waals surface area (Å²) in [7, 11) is 0. The summed E-state index contributed by atoms with van der Waals surface area (Å²) in [5.74, 6) is -0.437. The Hall–Kier alpha value is -4.17. The van der Waals surface area contributed by atoms with Gasteiger partial charge in [-0.1, -0.05) is 41.9 Å². The van der Waals surface area contributed by atoms with Crippen LogP contribution in [0.1, 0.15) is 21.5 Å². The second-order valence-electron chi connectivity index (χ2n) is 8.43. The molecule has 1 saturated heterocycles. The summed E-state index contributed by atoms with van der Waals surface area (Å²) in [5, 5.41) is 14.4. The van der Waals surface area contributed by atoms with Crippen LogP contribution in [-0.4, -0.2) is 47.8 Å². The molecule has 1 aliphatic heterocycles. The Morgan fingerprint density at radius 3 is 2.39 bits per heavy atom. The smallest absolute Gasteiger partial charge is 0.272 e. The van der Waals surface area contributed by atoms with Gasteiger partial charge in [0, 0.05) is 54.5 Å². The minimum atomic E-state index is -0.478. The summed E-state index contributed by atoms with van der Waals surface area (Å²) in [4.78, 5) is 40.0. The number of anilines is 2. The SMILES string of the molecule is Cc1cc(C(=O)Nc2cc(Cl)ccc2N2CCN(C(=O)/C=C/c3ccccc3)CC2)ccc1[N+](=O)[O-]. The number of carbonyl (C=O) groups excluding carboxylic acids is 2. The number of hydrogen-bond acceptors (Lipinski definition) is 5. The number of hydrogen-bond donors (Lipinski definition) is 1. The Morgan fingerprint density at radius 2 is 1.72 bits per heavy atom. The van der Waals surface area contributed by atoms with Gasteiger partial charge in [-0.15, -0.1) is 0 Å². The Labute approximate surface area is 213 Å². The van der Waals surface area contributed by atoms with Crippen LogP contribution >= 0.6 is 11.6 Å². The quantitative estimate of drug-likeness (QED) is 0.284. The first-order valence-corrected chi connectivity index (χ1v) is 11.8.